The van der Waals surface area contributed by atoms with Crippen LogP contribution in [-0.4, -0.2) is 34.9 Å². The molecule has 0 bridgehead atoms. The molecule has 2 aliphatic rings. The second-order valence-electron chi connectivity index (χ2n) is 7.30. The van der Waals surface area contributed by atoms with Crippen molar-refractivity contribution in [3.8, 4) is 6.07 Å². The molecule has 0 amide bonds. The van der Waals surface area contributed by atoms with Crippen molar-refractivity contribution in [1.29, 1.82) is 5.26 Å². The number of hydrogen-bond acceptors (Lipinski definition) is 5. The van der Waals surface area contributed by atoms with Gasteiger partial charge in [-0.15, -0.1) is 0 Å². The van der Waals surface area contributed by atoms with E-state index in [0.717, 1.165) is 37.3 Å². The summed E-state index contributed by atoms with van der Waals surface area (Å²) >= 11 is 0. The minimum Gasteiger partial charge on any atom is -0.393 e. The molecule has 134 valence electrons. The Labute approximate surface area is 153 Å². The van der Waals surface area contributed by atoms with Gasteiger partial charge in [-0.3, -0.25) is 0 Å². The quantitative estimate of drug-likeness (QED) is 0.902. The van der Waals surface area contributed by atoms with E-state index in [9.17, 15) is 5.11 Å². The second kappa shape index (κ2) is 7.06. The van der Waals surface area contributed by atoms with Gasteiger partial charge in [-0.1, -0.05) is 30.3 Å². The first kappa shape index (κ1) is 17.0. The van der Waals surface area contributed by atoms with Crippen LogP contribution < -0.4 is 4.90 Å². The fraction of sp³-hybridized carbons (Fsp3) is 0.429. The number of aliphatic hydroxyl groups is 1. The summed E-state index contributed by atoms with van der Waals surface area (Å²) < 4.78 is 6.54. The van der Waals surface area contributed by atoms with Crippen molar-refractivity contribution in [2.24, 2.45) is 0 Å². The summed E-state index contributed by atoms with van der Waals surface area (Å²) in [6.45, 7) is 1.63. The van der Waals surface area contributed by atoms with E-state index in [0.29, 0.717) is 18.4 Å². The van der Waals surface area contributed by atoms with Crippen LogP contribution in [-0.2, 0) is 4.74 Å². The minimum absolute atomic E-state index is 0.0495. The van der Waals surface area contributed by atoms with Crippen molar-refractivity contribution in [2.45, 2.75) is 43.5 Å². The third kappa shape index (κ3) is 3.44. The molecule has 26 heavy (non-hydrogen) atoms. The molecule has 1 aromatic heterocycles. The number of rotatable bonds is 2. The molecule has 2 aliphatic heterocycles. The molecule has 5 heteroatoms. The third-order valence-electron chi connectivity index (χ3n) is 5.53. The Balaban J connectivity index is 1.47. The molecule has 2 saturated heterocycles. The Hall–Kier alpha value is -2.42. The van der Waals surface area contributed by atoms with Crippen LogP contribution in [0.3, 0.4) is 0 Å². The lowest BCUT2D eigenvalue weighted by atomic mass is 9.81. The van der Waals surface area contributed by atoms with Gasteiger partial charge in [0.15, 0.2) is 0 Å². The Morgan fingerprint density at radius 3 is 2.69 bits per heavy atom. The summed E-state index contributed by atoms with van der Waals surface area (Å²) in [6.07, 6.45) is 4.35. The molecule has 1 N–H and O–H groups in total. The summed E-state index contributed by atoms with van der Waals surface area (Å²) in [5.41, 5.74) is 1.49. The highest BCUT2D eigenvalue weighted by atomic mass is 16.5. The zero-order chi connectivity index (χ0) is 18.0. The molecule has 0 aliphatic carbocycles. The minimum atomic E-state index is -0.333. The predicted octanol–water partition coefficient (Wildman–Crippen LogP) is 3.20. The largest absolute Gasteiger partial charge is 0.393 e. The molecule has 0 unspecified atom stereocenters. The van der Waals surface area contributed by atoms with Gasteiger partial charge in [0, 0.05) is 32.1 Å². The summed E-state index contributed by atoms with van der Waals surface area (Å²) in [5.74, 6) is 0.842. The molecule has 5 nitrogen and oxygen atoms in total. The van der Waals surface area contributed by atoms with Gasteiger partial charge in [-0.05, 0) is 30.5 Å². The predicted molar refractivity (Wildman–Crippen MR) is 98.6 cm³/mol. The van der Waals surface area contributed by atoms with E-state index in [1.54, 1.807) is 12.3 Å². The van der Waals surface area contributed by atoms with Gasteiger partial charge in [0.1, 0.15) is 5.82 Å². The average molecular weight is 349 g/mol. The van der Waals surface area contributed by atoms with E-state index in [-0.39, 0.29) is 17.8 Å². The maximum absolute atomic E-state index is 10.5. The first-order chi connectivity index (χ1) is 12.7. The van der Waals surface area contributed by atoms with Crippen LogP contribution in [0.2, 0.25) is 0 Å². The molecule has 2 atom stereocenters. The summed E-state index contributed by atoms with van der Waals surface area (Å²) in [6, 6.07) is 15.9. The Morgan fingerprint density at radius 1 is 1.19 bits per heavy atom. The lowest BCUT2D eigenvalue weighted by Crippen LogP contribution is -2.51. The number of pyridine rings is 1. The fourth-order valence-corrected chi connectivity index (χ4v) is 4.16. The number of nitriles is 1. The van der Waals surface area contributed by atoms with Crippen LogP contribution in [0.4, 0.5) is 5.82 Å². The summed E-state index contributed by atoms with van der Waals surface area (Å²) in [5, 5.41) is 19.5. The highest BCUT2D eigenvalue weighted by molar-refractivity contribution is 5.45. The van der Waals surface area contributed by atoms with Crippen LogP contribution in [0, 0.1) is 11.3 Å². The third-order valence-corrected chi connectivity index (χ3v) is 5.53. The smallest absolute Gasteiger partial charge is 0.129 e. The SMILES string of the molecule is N#Cc1ccnc(N2CCC3(CC2)C[C@@H](O)C[C@H](c2ccccc2)O3)c1. The molecular weight excluding hydrogens is 326 g/mol. The highest BCUT2D eigenvalue weighted by Gasteiger charge is 2.43. The van der Waals surface area contributed by atoms with Gasteiger partial charge in [0.25, 0.3) is 0 Å². The maximum Gasteiger partial charge on any atom is 0.129 e. The van der Waals surface area contributed by atoms with Gasteiger partial charge in [-0.2, -0.15) is 5.26 Å². The number of aliphatic hydroxyl groups excluding tert-OH is 1. The lowest BCUT2D eigenvalue weighted by Gasteiger charge is -2.48. The van der Waals surface area contributed by atoms with E-state index >= 15 is 0 Å². The number of anilines is 1. The van der Waals surface area contributed by atoms with Crippen molar-refractivity contribution >= 4 is 5.82 Å². The maximum atomic E-state index is 10.5. The van der Waals surface area contributed by atoms with Crippen LogP contribution in [0.15, 0.2) is 48.7 Å². The molecule has 3 heterocycles. The topological polar surface area (TPSA) is 69.4 Å². The second-order valence-corrected chi connectivity index (χ2v) is 7.30. The zero-order valence-electron chi connectivity index (χ0n) is 14.7. The van der Waals surface area contributed by atoms with Crippen LogP contribution in [0.1, 0.15) is 42.9 Å². The molecule has 2 fully saturated rings. The lowest BCUT2D eigenvalue weighted by molar-refractivity contribution is -0.173. The number of aromatic nitrogens is 1. The molecule has 0 saturated carbocycles. The number of benzene rings is 1. The first-order valence-electron chi connectivity index (χ1n) is 9.19. The summed E-state index contributed by atoms with van der Waals surface area (Å²) in [4.78, 5) is 6.61. The first-order valence-corrected chi connectivity index (χ1v) is 9.19. The monoisotopic (exact) mass is 349 g/mol. The molecule has 1 aromatic carbocycles. The van der Waals surface area contributed by atoms with Gasteiger partial charge in [-0.25, -0.2) is 4.98 Å². The average Bonchev–Trinajstić information content (AvgIpc) is 2.69. The van der Waals surface area contributed by atoms with Crippen molar-refractivity contribution in [3.63, 3.8) is 0 Å². The standard InChI is InChI=1S/C21H23N3O2/c22-15-16-6-9-23-20(12-16)24-10-7-21(8-11-24)14-18(25)13-19(26-21)17-4-2-1-3-5-17/h1-6,9,12,18-19,25H,7-8,10-11,13-14H2/t18-,19+/m0/s1. The van der Waals surface area contributed by atoms with Crippen molar-refractivity contribution in [3.05, 3.63) is 59.8 Å². The Kier molecular flexibility index (Phi) is 4.62. The van der Waals surface area contributed by atoms with E-state index in [1.807, 2.05) is 24.3 Å². The van der Waals surface area contributed by atoms with Crippen LogP contribution in [0.5, 0.6) is 0 Å². The van der Waals surface area contributed by atoms with Crippen molar-refractivity contribution < 1.29 is 9.84 Å². The van der Waals surface area contributed by atoms with Crippen LogP contribution in [0.25, 0.3) is 0 Å². The fourth-order valence-electron chi connectivity index (χ4n) is 4.16. The Bertz CT molecular complexity index is 794. The molecule has 0 radical (unpaired) electrons. The number of nitrogens with zero attached hydrogens (tertiary/aromatic N) is 3. The summed E-state index contributed by atoms with van der Waals surface area (Å²) in [7, 11) is 0. The Morgan fingerprint density at radius 2 is 1.96 bits per heavy atom. The van der Waals surface area contributed by atoms with Gasteiger partial charge >= 0.3 is 0 Å². The van der Waals surface area contributed by atoms with E-state index in [4.69, 9.17) is 10.00 Å². The van der Waals surface area contributed by atoms with E-state index in [2.05, 4.69) is 28.1 Å². The zero-order valence-corrected chi connectivity index (χ0v) is 14.7. The highest BCUT2D eigenvalue weighted by Crippen LogP contribution is 2.43. The molecule has 2 aromatic rings. The number of piperidine rings is 1. The van der Waals surface area contributed by atoms with Gasteiger partial charge in [0.2, 0.25) is 0 Å². The van der Waals surface area contributed by atoms with Crippen molar-refractivity contribution in [1.82, 2.24) is 4.98 Å². The van der Waals surface area contributed by atoms with Crippen LogP contribution >= 0.6 is 0 Å². The molecule has 1 spiro atoms. The molecule has 4 rings (SSSR count). The van der Waals surface area contributed by atoms with E-state index < -0.39 is 0 Å². The number of hydrogen-bond donors (Lipinski definition) is 1. The van der Waals surface area contributed by atoms with Gasteiger partial charge in [0.05, 0.1) is 29.4 Å². The van der Waals surface area contributed by atoms with Crippen molar-refractivity contribution in [2.75, 3.05) is 18.0 Å². The van der Waals surface area contributed by atoms with E-state index in [1.165, 1.54) is 0 Å². The normalized spacial score (nSPS) is 25.0. The molecular formula is C21H23N3O2. The number of ether oxygens (including phenoxy) is 1. The van der Waals surface area contributed by atoms with Gasteiger partial charge < -0.3 is 14.7 Å².